The van der Waals surface area contributed by atoms with Crippen LogP contribution < -0.4 is 27.7 Å². The third kappa shape index (κ3) is 24.0. The van der Waals surface area contributed by atoms with Gasteiger partial charge < -0.3 is 72.1 Å². The molecule has 0 bridgehead atoms. The Hall–Kier alpha value is -14.0. The van der Waals surface area contributed by atoms with Gasteiger partial charge in [0.05, 0.1) is 39.8 Å². The highest BCUT2D eigenvalue weighted by Gasteiger charge is 2.53. The van der Waals surface area contributed by atoms with Gasteiger partial charge in [-0.25, -0.2) is 36.7 Å². The summed E-state index contributed by atoms with van der Waals surface area (Å²) in [6, 6.07) is 68.7. The first-order valence-electron chi connectivity index (χ1n) is 47.0. The number of aromatic amines is 2. The highest BCUT2D eigenvalue weighted by molar-refractivity contribution is 9.10. The minimum absolute atomic E-state index is 0.0164. The van der Waals surface area contributed by atoms with Crippen molar-refractivity contribution in [3.63, 3.8) is 0 Å². The number of pyridine rings is 4. The summed E-state index contributed by atoms with van der Waals surface area (Å²) in [6.45, 7) is 29.4. The Morgan fingerprint density at radius 1 is 0.390 bits per heavy atom. The number of ether oxygens (including phenoxy) is 4. The van der Waals surface area contributed by atoms with Crippen LogP contribution in [0.25, 0.3) is 33.4 Å². The summed E-state index contributed by atoms with van der Waals surface area (Å²) < 4.78 is 93.6. The lowest BCUT2D eigenvalue weighted by atomic mass is 9.78. The van der Waals surface area contributed by atoms with Crippen molar-refractivity contribution in [3.8, 4) is 33.4 Å². The van der Waals surface area contributed by atoms with E-state index in [1.165, 1.54) is 48.5 Å². The van der Waals surface area contributed by atoms with Crippen LogP contribution in [0, 0.1) is 23.3 Å². The van der Waals surface area contributed by atoms with Gasteiger partial charge in [0.2, 0.25) is 0 Å². The second kappa shape index (κ2) is 45.5. The zero-order chi connectivity index (χ0) is 101. The lowest BCUT2D eigenvalue weighted by Crippen LogP contribution is -2.48. The number of hydrogen-bond donors (Lipinski definition) is 3. The number of rotatable bonds is 25. The molecule has 29 heteroatoms. The molecule has 141 heavy (non-hydrogen) atoms. The predicted molar refractivity (Wildman–Crippen MR) is 542 cm³/mol. The number of cyclic esters (lactones) is 4. The number of H-pyrrole nitrogens is 2. The maximum Gasteiger partial charge on any atom is 0.494 e. The van der Waals surface area contributed by atoms with Crippen LogP contribution >= 0.6 is 15.9 Å². The van der Waals surface area contributed by atoms with Gasteiger partial charge in [0.25, 0.3) is 22.2 Å². The maximum absolute atomic E-state index is 13.5. The fourth-order valence-corrected chi connectivity index (χ4v) is 18.5. The number of hydrogen-bond acceptors (Lipinski definition) is 15. The van der Waals surface area contributed by atoms with E-state index >= 15 is 0 Å². The second-order valence-corrected chi connectivity index (χ2v) is 37.7. The van der Waals surface area contributed by atoms with Gasteiger partial charge in [0.15, 0.2) is 0 Å². The quantitative estimate of drug-likeness (QED) is 0.0208. The maximum atomic E-state index is 13.5. The van der Waals surface area contributed by atoms with Crippen molar-refractivity contribution in [3.05, 3.63) is 419 Å². The Labute approximate surface area is 827 Å². The van der Waals surface area contributed by atoms with E-state index in [2.05, 4.69) is 45.6 Å². The Balaban J connectivity index is 0.000000154. The topological polar surface area (TPSA) is 267 Å². The van der Waals surface area contributed by atoms with Crippen LogP contribution in [0.1, 0.15) is 182 Å². The Morgan fingerprint density at radius 2 is 0.674 bits per heavy atom. The number of halogens is 5. The largest absolute Gasteiger partial charge is 0.494 e. The molecule has 3 N–H and O–H groups in total. The van der Waals surface area contributed by atoms with Crippen molar-refractivity contribution in [1.29, 1.82) is 0 Å². The second-order valence-electron chi connectivity index (χ2n) is 36.8. The fourth-order valence-electron chi connectivity index (χ4n) is 18.2. The van der Waals surface area contributed by atoms with E-state index in [9.17, 15) is 61.0 Å². The average Bonchev–Trinajstić information content (AvgIpc) is 1.22. The smallest absolute Gasteiger partial charge is 0.438 e. The molecule has 17 rings (SSSR count). The van der Waals surface area contributed by atoms with Crippen molar-refractivity contribution in [1.82, 2.24) is 38.7 Å². The minimum atomic E-state index is -0.888. The van der Waals surface area contributed by atoms with Crippen LogP contribution in [0.2, 0.25) is 0 Å². The number of aryl methyl sites for hydroxylation is 2. The van der Waals surface area contributed by atoms with E-state index in [1.807, 2.05) is 165 Å². The van der Waals surface area contributed by atoms with E-state index in [-0.39, 0.29) is 82.4 Å². The summed E-state index contributed by atoms with van der Waals surface area (Å²) >= 11 is 3.05. The molecule has 9 heterocycles. The number of benzene rings is 8. The van der Waals surface area contributed by atoms with Gasteiger partial charge in [-0.1, -0.05) is 164 Å². The summed E-state index contributed by atoms with van der Waals surface area (Å²) in [6.07, 6.45) is 14.7. The van der Waals surface area contributed by atoms with Crippen LogP contribution in [-0.4, -0.2) is 119 Å². The Bertz CT molecular complexity index is 6640. The summed E-state index contributed by atoms with van der Waals surface area (Å²) in [4.78, 5) is 112. The van der Waals surface area contributed by atoms with E-state index in [0.717, 1.165) is 66.7 Å². The molecule has 0 spiro atoms. The van der Waals surface area contributed by atoms with E-state index in [0.29, 0.717) is 105 Å². The number of carbonyl (C=O) groups excluding carboxylic acids is 4. The molecule has 12 aromatic rings. The monoisotopic (exact) mass is 1980 g/mol. The zero-order valence-electron chi connectivity index (χ0n) is 80.8. The molecule has 0 aliphatic carbocycles. The standard InChI is InChI=1S/C27H33BFNO4.C27H29FN2O4.C27H27FN2O3.C26H25FN2O3.C5H4BrNO/c1-7-16-27(21-10-14-23(29)15-11-21)17-18-30(24(31)32-27)19(2)20-8-12-22(13-9-20)28-33-25(3,4)26(5,6)34-28;1-19(20-6-8-21(9-7-20)24-5-3-16-29(2)25(24)32)30-17-15-27(14-4-18-31,34-26(30)33)22-10-12-23(28)13-11-22;1-4-15-27(22-11-13-23(28)14-12-22)16-18-30(26(32)33-27)19(2)20-7-9-21(10-8-20)24-6-5-17-29(3)25(24)31;1-3-14-26(21-10-12-22(27)13-11-21)15-17-29(25(31)32-26)18(2)19-6-8-20(9-7-19)23-5-4-16-28-24(23)30;6-4-2-1-3-7-5(4)8/h7-15,19H,1,16-18H2,2-6H3;3,5-13,16,19,31H,4,14-15,17-18H2,1-2H3;4-14,17,19H,1,15-16,18H2,2-3H3;3-13,16,18H,1,14-15,17H2,2H3,(H,28,30);1-3H,(H,7,8)/t3*19-,27+;18-,26+;/m0000./s1. The van der Waals surface area contributed by atoms with E-state index < -0.39 is 59.0 Å². The summed E-state index contributed by atoms with van der Waals surface area (Å²) in [5, 5.41) is 9.36. The van der Waals surface area contributed by atoms with E-state index in [1.54, 1.807) is 171 Å². The third-order valence-corrected chi connectivity index (χ3v) is 28.1. The number of aliphatic hydroxyl groups excluding tert-OH is 1. The van der Waals surface area contributed by atoms with E-state index in [4.69, 9.17) is 28.3 Å². The minimum Gasteiger partial charge on any atom is -0.438 e. The van der Waals surface area contributed by atoms with Crippen LogP contribution in [-0.2, 0) is 64.8 Å². The number of nitrogens with zero attached hydrogens (tertiary/aromatic N) is 6. The molecule has 5 saturated heterocycles. The van der Waals surface area contributed by atoms with Gasteiger partial charge in [0, 0.05) is 133 Å². The lowest BCUT2D eigenvalue weighted by molar-refractivity contribution is -0.0681. The number of carbonyl (C=O) groups is 4. The molecule has 8 atom stereocenters. The normalized spacial score (nSPS) is 19.9. The molecule has 8 aromatic carbocycles. The molecule has 5 aliphatic rings. The van der Waals surface area contributed by atoms with Gasteiger partial charge >= 0.3 is 31.5 Å². The first kappa shape index (κ1) is 104. The van der Waals surface area contributed by atoms with Crippen LogP contribution in [0.4, 0.5) is 36.7 Å². The molecule has 4 aromatic heterocycles. The molecular weight excluding hydrogens is 1860 g/mol. The van der Waals surface area contributed by atoms with Gasteiger partial charge in [-0.15, -0.1) is 19.7 Å². The third-order valence-electron chi connectivity index (χ3n) is 27.5. The van der Waals surface area contributed by atoms with Crippen LogP contribution in [0.15, 0.2) is 329 Å². The molecule has 23 nitrogen and oxygen atoms in total. The molecule has 0 radical (unpaired) electrons. The van der Waals surface area contributed by atoms with Crippen LogP contribution in [0.5, 0.6) is 0 Å². The lowest BCUT2D eigenvalue weighted by Gasteiger charge is -2.43. The molecule has 734 valence electrons. The first-order valence-corrected chi connectivity index (χ1v) is 47.8. The van der Waals surface area contributed by atoms with Gasteiger partial charge in [0.1, 0.15) is 45.7 Å². The Kier molecular flexibility index (Phi) is 33.7. The summed E-state index contributed by atoms with van der Waals surface area (Å²) in [5.74, 6) is -1.34. The first-order chi connectivity index (χ1) is 67.4. The van der Waals surface area contributed by atoms with Gasteiger partial charge in [-0.2, -0.15) is 0 Å². The fraction of sp³-hybridized carbons (Fsp3) is 0.304. The summed E-state index contributed by atoms with van der Waals surface area (Å²) in [7, 11) is 3.02. The van der Waals surface area contributed by atoms with Crippen molar-refractivity contribution in [2.24, 2.45) is 14.1 Å². The molecule has 4 amide bonds. The Morgan fingerprint density at radius 3 is 0.965 bits per heavy atom. The van der Waals surface area contributed by atoms with Crippen molar-refractivity contribution in [2.45, 2.75) is 171 Å². The molecule has 5 fully saturated rings. The van der Waals surface area contributed by atoms with Crippen molar-refractivity contribution in [2.75, 3.05) is 32.8 Å². The van der Waals surface area contributed by atoms with Crippen molar-refractivity contribution < 1.29 is 70.1 Å². The number of nitrogens with one attached hydrogen (secondary N) is 2. The predicted octanol–water partition coefficient (Wildman–Crippen LogP) is 22.5. The van der Waals surface area contributed by atoms with Gasteiger partial charge in [-0.05, 0) is 248 Å². The zero-order valence-corrected chi connectivity index (χ0v) is 82.4. The van der Waals surface area contributed by atoms with Gasteiger partial charge in [-0.3, -0.25) is 19.2 Å². The van der Waals surface area contributed by atoms with Crippen molar-refractivity contribution >= 4 is 52.9 Å². The molecule has 0 saturated carbocycles. The van der Waals surface area contributed by atoms with Crippen LogP contribution in [0.3, 0.4) is 0 Å². The summed E-state index contributed by atoms with van der Waals surface area (Å²) in [5.41, 5.74) is 7.52. The molecule has 0 unspecified atom stereocenters. The highest BCUT2D eigenvalue weighted by atomic mass is 79.9. The number of amides is 4. The number of aromatic nitrogens is 4. The molecular formula is C112H118BBrF4N8O15. The highest BCUT2D eigenvalue weighted by Crippen LogP contribution is 2.46. The average molecular weight is 1980 g/mol. The SMILES string of the molecule is C=CC[C@]1(c2ccc(F)cc2)CCN([C@@H](C)c2ccc(-c3ccc[nH]c3=O)cc2)C(=O)O1.C=CC[C@]1(c2ccc(F)cc2)CCN([C@@H](C)c2ccc(-c3cccn(C)c3=O)cc2)C(=O)O1.C=CC[C@]1(c2ccc(F)cc2)CCN([C@@H](C)c2ccc(B3OC(C)(C)C(C)(C)O3)cc2)C(=O)O1.C[C@@H](c1ccc(-c2cccn(C)c2=O)cc1)N1CC[C@](CCCO)(c2ccc(F)cc2)OC1=O.O=c1[nH]cccc1Br. The molecule has 5 aliphatic heterocycles. The number of aliphatic hydroxyl groups is 1.